The zero-order valence-electron chi connectivity index (χ0n) is 14.3. The lowest BCUT2D eigenvalue weighted by atomic mass is 9.64. The number of carbonyl (C=O) groups excluding carboxylic acids is 1. The molecule has 2 aromatic rings. The SMILES string of the molecule is O=C(Cc1c[nH]c2cc(F)ccc12)N1CC2(CCOCC2)C1C1CC1. The molecule has 0 radical (unpaired) electrons. The van der Waals surface area contributed by atoms with Crippen molar-refractivity contribution in [2.24, 2.45) is 11.3 Å². The van der Waals surface area contributed by atoms with E-state index >= 15 is 0 Å². The van der Waals surface area contributed by atoms with Crippen molar-refractivity contribution >= 4 is 16.8 Å². The number of hydrogen-bond donors (Lipinski definition) is 1. The van der Waals surface area contributed by atoms with Gasteiger partial charge in [-0.1, -0.05) is 0 Å². The number of halogens is 1. The topological polar surface area (TPSA) is 45.3 Å². The third kappa shape index (κ3) is 2.48. The van der Waals surface area contributed by atoms with Crippen LogP contribution in [0.3, 0.4) is 0 Å². The van der Waals surface area contributed by atoms with E-state index in [0.29, 0.717) is 23.8 Å². The predicted octanol–water partition coefficient (Wildman–Crippen LogP) is 3.27. The molecule has 2 aliphatic heterocycles. The maximum atomic E-state index is 13.3. The Morgan fingerprint density at radius 1 is 1.32 bits per heavy atom. The first-order chi connectivity index (χ1) is 12.2. The van der Waals surface area contributed by atoms with Gasteiger partial charge in [-0.25, -0.2) is 4.39 Å². The molecule has 132 valence electrons. The van der Waals surface area contributed by atoms with Crippen molar-refractivity contribution in [2.45, 2.75) is 38.1 Å². The largest absolute Gasteiger partial charge is 0.381 e. The summed E-state index contributed by atoms with van der Waals surface area (Å²) >= 11 is 0. The minimum absolute atomic E-state index is 0.208. The molecule has 4 nitrogen and oxygen atoms in total. The van der Waals surface area contributed by atoms with E-state index in [0.717, 1.165) is 49.1 Å². The Morgan fingerprint density at radius 2 is 2.12 bits per heavy atom. The normalized spacial score (nSPS) is 25.3. The minimum atomic E-state index is -0.259. The van der Waals surface area contributed by atoms with Crippen LogP contribution in [-0.2, 0) is 16.0 Å². The highest BCUT2D eigenvalue weighted by atomic mass is 19.1. The monoisotopic (exact) mass is 342 g/mol. The van der Waals surface area contributed by atoms with E-state index in [4.69, 9.17) is 4.74 Å². The van der Waals surface area contributed by atoms with Crippen molar-refractivity contribution in [3.05, 3.63) is 35.8 Å². The molecule has 1 amide bonds. The third-order valence-corrected chi connectivity index (χ3v) is 6.40. The standard InChI is InChI=1S/C20H23FN2O2/c21-15-3-4-16-14(11-22-17(16)10-15)9-18(24)23-12-20(5-7-25-8-6-20)19(23)13-1-2-13/h3-4,10-11,13,19,22H,1-2,5-9,12H2. The Balaban J connectivity index is 1.35. The zero-order chi connectivity index (χ0) is 17.0. The molecule has 1 aromatic heterocycles. The van der Waals surface area contributed by atoms with Gasteiger partial charge in [0.05, 0.1) is 6.42 Å². The summed E-state index contributed by atoms with van der Waals surface area (Å²) in [6.07, 6.45) is 6.92. The second-order valence-electron chi connectivity index (χ2n) is 7.96. The number of nitrogens with one attached hydrogen (secondary N) is 1. The molecule has 5 rings (SSSR count). The summed E-state index contributed by atoms with van der Waals surface area (Å²) in [5, 5.41) is 0.944. The Morgan fingerprint density at radius 3 is 2.88 bits per heavy atom. The quantitative estimate of drug-likeness (QED) is 0.930. The van der Waals surface area contributed by atoms with Gasteiger partial charge in [0.15, 0.2) is 0 Å². The molecule has 3 heterocycles. The van der Waals surface area contributed by atoms with Crippen LogP contribution in [-0.4, -0.2) is 41.6 Å². The van der Waals surface area contributed by atoms with Crippen LogP contribution in [0.15, 0.2) is 24.4 Å². The Hall–Kier alpha value is -1.88. The molecule has 1 unspecified atom stereocenters. The summed E-state index contributed by atoms with van der Waals surface area (Å²) in [5.41, 5.74) is 2.02. The lowest BCUT2D eigenvalue weighted by Gasteiger charge is -2.59. The van der Waals surface area contributed by atoms with Crippen molar-refractivity contribution in [1.29, 1.82) is 0 Å². The number of carbonyl (C=O) groups is 1. The van der Waals surface area contributed by atoms with E-state index in [-0.39, 0.29) is 11.7 Å². The highest BCUT2D eigenvalue weighted by Gasteiger charge is 2.59. The van der Waals surface area contributed by atoms with Crippen LogP contribution in [0.1, 0.15) is 31.2 Å². The average molecular weight is 342 g/mol. The maximum Gasteiger partial charge on any atom is 0.227 e. The van der Waals surface area contributed by atoms with E-state index in [9.17, 15) is 9.18 Å². The second-order valence-corrected chi connectivity index (χ2v) is 7.96. The fraction of sp³-hybridized carbons (Fsp3) is 0.550. The van der Waals surface area contributed by atoms with Crippen molar-refractivity contribution < 1.29 is 13.9 Å². The first kappa shape index (κ1) is 15.4. The minimum Gasteiger partial charge on any atom is -0.381 e. The number of hydrogen-bond acceptors (Lipinski definition) is 2. The van der Waals surface area contributed by atoms with E-state index in [1.807, 2.05) is 6.20 Å². The molecule has 2 saturated heterocycles. The number of rotatable bonds is 3. The lowest BCUT2D eigenvalue weighted by Crippen LogP contribution is -2.68. The highest BCUT2D eigenvalue weighted by Crippen LogP contribution is 2.55. The van der Waals surface area contributed by atoms with Crippen LogP contribution >= 0.6 is 0 Å². The van der Waals surface area contributed by atoms with Crippen LogP contribution in [0.4, 0.5) is 4.39 Å². The molecular weight excluding hydrogens is 319 g/mol. The maximum absolute atomic E-state index is 13.3. The molecular formula is C20H23FN2O2. The number of nitrogens with zero attached hydrogens (tertiary/aromatic N) is 1. The number of aromatic amines is 1. The van der Waals surface area contributed by atoms with E-state index in [2.05, 4.69) is 9.88 Å². The van der Waals surface area contributed by atoms with Crippen molar-refractivity contribution in [1.82, 2.24) is 9.88 Å². The zero-order valence-corrected chi connectivity index (χ0v) is 14.3. The van der Waals surface area contributed by atoms with Gasteiger partial charge in [-0.15, -0.1) is 0 Å². The molecule has 0 bridgehead atoms. The van der Waals surface area contributed by atoms with Gasteiger partial charge >= 0.3 is 0 Å². The first-order valence-electron chi connectivity index (χ1n) is 9.29. The van der Waals surface area contributed by atoms with Crippen molar-refractivity contribution in [2.75, 3.05) is 19.8 Å². The van der Waals surface area contributed by atoms with Gasteiger partial charge in [-0.3, -0.25) is 4.79 Å². The summed E-state index contributed by atoms with van der Waals surface area (Å²) < 4.78 is 18.9. The number of likely N-dealkylation sites (tertiary alicyclic amines) is 1. The molecule has 1 aromatic carbocycles. The Bertz CT molecular complexity index is 820. The summed E-state index contributed by atoms with van der Waals surface area (Å²) in [5.74, 6) is 0.636. The summed E-state index contributed by atoms with van der Waals surface area (Å²) in [7, 11) is 0. The molecule has 5 heteroatoms. The molecule has 1 atom stereocenters. The molecule has 1 aliphatic carbocycles. The fourth-order valence-corrected chi connectivity index (χ4v) is 4.96. The number of ether oxygens (including phenoxy) is 1. The number of amides is 1. The second kappa shape index (κ2) is 5.56. The highest BCUT2D eigenvalue weighted by molar-refractivity contribution is 5.89. The van der Waals surface area contributed by atoms with Gasteiger partial charge in [0.25, 0.3) is 0 Å². The summed E-state index contributed by atoms with van der Waals surface area (Å²) in [6.45, 7) is 2.55. The predicted molar refractivity (Wildman–Crippen MR) is 92.7 cm³/mol. The van der Waals surface area contributed by atoms with Crippen molar-refractivity contribution in [3.63, 3.8) is 0 Å². The van der Waals surface area contributed by atoms with Gasteiger partial charge in [-0.2, -0.15) is 0 Å². The lowest BCUT2D eigenvalue weighted by molar-refractivity contribution is -0.170. The molecule has 1 spiro atoms. The number of H-pyrrole nitrogens is 1. The molecule has 1 saturated carbocycles. The van der Waals surface area contributed by atoms with Gasteiger partial charge < -0.3 is 14.6 Å². The summed E-state index contributed by atoms with van der Waals surface area (Å²) in [4.78, 5) is 18.2. The average Bonchev–Trinajstić information content (AvgIpc) is 3.34. The van der Waals surface area contributed by atoms with E-state index in [1.165, 1.54) is 25.0 Å². The van der Waals surface area contributed by atoms with Gasteiger partial charge in [0.1, 0.15) is 5.82 Å². The Kier molecular flexibility index (Phi) is 3.42. The van der Waals surface area contributed by atoms with Crippen molar-refractivity contribution in [3.8, 4) is 0 Å². The number of aromatic nitrogens is 1. The smallest absolute Gasteiger partial charge is 0.227 e. The fourth-order valence-electron chi connectivity index (χ4n) is 4.96. The van der Waals surface area contributed by atoms with E-state index in [1.54, 1.807) is 6.07 Å². The third-order valence-electron chi connectivity index (χ3n) is 6.40. The van der Waals surface area contributed by atoms with Gasteiger partial charge in [0.2, 0.25) is 5.91 Å². The molecule has 3 aliphatic rings. The summed E-state index contributed by atoms with van der Waals surface area (Å²) in [6, 6.07) is 5.11. The van der Waals surface area contributed by atoms with Crippen LogP contribution in [0.25, 0.3) is 10.9 Å². The van der Waals surface area contributed by atoms with Crippen LogP contribution in [0.5, 0.6) is 0 Å². The number of benzene rings is 1. The first-order valence-corrected chi connectivity index (χ1v) is 9.29. The van der Waals surface area contributed by atoms with Crippen LogP contribution in [0, 0.1) is 17.2 Å². The van der Waals surface area contributed by atoms with Gasteiger partial charge in [-0.05, 0) is 55.4 Å². The number of fused-ring (bicyclic) bond motifs is 1. The molecule has 25 heavy (non-hydrogen) atoms. The van der Waals surface area contributed by atoms with Crippen LogP contribution < -0.4 is 0 Å². The molecule has 1 N–H and O–H groups in total. The Labute approximate surface area is 146 Å². The van der Waals surface area contributed by atoms with E-state index < -0.39 is 0 Å². The van der Waals surface area contributed by atoms with Gasteiger partial charge in [0, 0.05) is 48.3 Å². The molecule has 3 fully saturated rings. The van der Waals surface area contributed by atoms with Crippen LogP contribution in [0.2, 0.25) is 0 Å².